The van der Waals surface area contributed by atoms with Crippen LogP contribution in [0, 0.1) is 20.8 Å². The summed E-state index contributed by atoms with van der Waals surface area (Å²) in [5.74, 6) is 1.01. The van der Waals surface area contributed by atoms with E-state index in [1.165, 1.54) is 4.68 Å². The molecule has 2 rings (SSSR count). The third-order valence-corrected chi connectivity index (χ3v) is 3.40. The van der Waals surface area contributed by atoms with Gasteiger partial charge in [0.15, 0.2) is 0 Å². The largest absolute Gasteiger partial charge is 0.383 e. The Hall–Kier alpha value is -1.43. The van der Waals surface area contributed by atoms with Gasteiger partial charge >= 0.3 is 0 Å². The van der Waals surface area contributed by atoms with Crippen LogP contribution in [-0.2, 0) is 0 Å². The summed E-state index contributed by atoms with van der Waals surface area (Å²) >= 11 is 3.37. The van der Waals surface area contributed by atoms with Crippen molar-refractivity contribution in [1.29, 1.82) is 0 Å². The molecule has 0 unspecified atom stereocenters. The molecule has 6 heteroatoms. The number of nitrogens with two attached hydrogens (primary N) is 1. The average Bonchev–Trinajstić information content (AvgIpc) is 2.50. The zero-order chi connectivity index (χ0) is 11.9. The summed E-state index contributed by atoms with van der Waals surface area (Å²) in [6, 6.07) is 0. The molecule has 0 saturated carbocycles. The third kappa shape index (κ3) is 1.69. The van der Waals surface area contributed by atoms with Crippen LogP contribution in [0.1, 0.15) is 17.0 Å². The van der Waals surface area contributed by atoms with Gasteiger partial charge in [0.2, 0.25) is 0 Å². The van der Waals surface area contributed by atoms with Gasteiger partial charge in [-0.05, 0) is 42.3 Å². The molecule has 0 amide bonds. The molecule has 2 N–H and O–H groups in total. The maximum Gasteiger partial charge on any atom is 0.252 e. The highest BCUT2D eigenvalue weighted by atomic mass is 79.9. The van der Waals surface area contributed by atoms with Crippen molar-refractivity contribution in [2.24, 2.45) is 0 Å². The first-order chi connectivity index (χ1) is 7.50. The molecule has 0 aliphatic heterocycles. The normalized spacial score (nSPS) is 10.8. The van der Waals surface area contributed by atoms with Gasteiger partial charge < -0.3 is 5.73 Å². The van der Waals surface area contributed by atoms with Gasteiger partial charge in [0.1, 0.15) is 5.82 Å². The van der Waals surface area contributed by atoms with Crippen LogP contribution in [0.3, 0.4) is 0 Å². The summed E-state index contributed by atoms with van der Waals surface area (Å²) in [5.41, 5.74) is 8.69. The number of anilines is 1. The quantitative estimate of drug-likeness (QED) is 0.867. The van der Waals surface area contributed by atoms with Gasteiger partial charge in [-0.2, -0.15) is 9.78 Å². The maximum absolute atomic E-state index is 5.90. The third-order valence-electron chi connectivity index (χ3n) is 2.42. The molecule has 2 heterocycles. The fourth-order valence-electron chi connectivity index (χ4n) is 1.30. The van der Waals surface area contributed by atoms with Crippen LogP contribution < -0.4 is 5.73 Å². The second-order valence-corrected chi connectivity index (χ2v) is 4.43. The van der Waals surface area contributed by atoms with Crippen LogP contribution >= 0.6 is 15.9 Å². The van der Waals surface area contributed by atoms with E-state index in [2.05, 4.69) is 31.0 Å². The minimum absolute atomic E-state index is 0.495. The summed E-state index contributed by atoms with van der Waals surface area (Å²) in [6.45, 7) is 5.77. The molecule has 2 aromatic heterocycles. The van der Waals surface area contributed by atoms with Crippen molar-refractivity contribution in [3.05, 3.63) is 27.6 Å². The smallest absolute Gasteiger partial charge is 0.252 e. The van der Waals surface area contributed by atoms with Crippen molar-refractivity contribution in [1.82, 2.24) is 19.7 Å². The first-order valence-corrected chi connectivity index (χ1v) is 5.61. The molecule has 0 radical (unpaired) electrons. The monoisotopic (exact) mass is 281 g/mol. The first-order valence-electron chi connectivity index (χ1n) is 4.82. The average molecular weight is 282 g/mol. The van der Waals surface area contributed by atoms with Crippen LogP contribution in [0.2, 0.25) is 0 Å². The molecule has 0 atom stereocenters. The van der Waals surface area contributed by atoms with Gasteiger partial charge in [-0.3, -0.25) is 0 Å². The Balaban J connectivity index is 2.59. The maximum atomic E-state index is 5.90. The van der Waals surface area contributed by atoms with E-state index in [-0.39, 0.29) is 0 Å². The summed E-state index contributed by atoms with van der Waals surface area (Å²) in [5, 5.41) is 4.27. The fraction of sp³-hybridized carbons (Fsp3) is 0.300. The van der Waals surface area contributed by atoms with Crippen molar-refractivity contribution in [3.8, 4) is 5.95 Å². The number of hydrogen-bond acceptors (Lipinski definition) is 4. The van der Waals surface area contributed by atoms with Crippen LogP contribution in [-0.4, -0.2) is 19.7 Å². The molecule has 0 fully saturated rings. The lowest BCUT2D eigenvalue weighted by molar-refractivity contribution is 0.795. The van der Waals surface area contributed by atoms with E-state index in [1.54, 1.807) is 6.20 Å². The summed E-state index contributed by atoms with van der Waals surface area (Å²) in [7, 11) is 0. The Kier molecular flexibility index (Phi) is 2.67. The highest BCUT2D eigenvalue weighted by Crippen LogP contribution is 2.24. The Morgan fingerprint density at radius 2 is 1.94 bits per heavy atom. The zero-order valence-corrected chi connectivity index (χ0v) is 10.9. The van der Waals surface area contributed by atoms with Crippen molar-refractivity contribution in [2.45, 2.75) is 20.8 Å². The highest BCUT2D eigenvalue weighted by Gasteiger charge is 2.13. The number of rotatable bonds is 1. The molecule has 0 aliphatic carbocycles. The predicted octanol–water partition coefficient (Wildman–Crippen LogP) is 1.93. The lowest BCUT2D eigenvalue weighted by Crippen LogP contribution is -2.08. The van der Waals surface area contributed by atoms with Crippen LogP contribution in [0.5, 0.6) is 0 Å². The van der Waals surface area contributed by atoms with Crippen molar-refractivity contribution >= 4 is 21.7 Å². The van der Waals surface area contributed by atoms with Gasteiger partial charge in [0, 0.05) is 11.9 Å². The van der Waals surface area contributed by atoms with Gasteiger partial charge in [-0.25, -0.2) is 9.97 Å². The Bertz CT molecular complexity index is 546. The molecule has 0 spiro atoms. The fourth-order valence-corrected chi connectivity index (χ4v) is 1.54. The molecule has 0 saturated heterocycles. The second-order valence-electron chi connectivity index (χ2n) is 3.63. The van der Waals surface area contributed by atoms with Crippen molar-refractivity contribution < 1.29 is 0 Å². The lowest BCUT2D eigenvalue weighted by atomic mass is 10.3. The van der Waals surface area contributed by atoms with Crippen LogP contribution in [0.15, 0.2) is 10.7 Å². The van der Waals surface area contributed by atoms with Crippen LogP contribution in [0.25, 0.3) is 5.95 Å². The van der Waals surface area contributed by atoms with E-state index in [1.807, 2.05) is 20.8 Å². The van der Waals surface area contributed by atoms with Gasteiger partial charge in [-0.1, -0.05) is 0 Å². The van der Waals surface area contributed by atoms with E-state index in [0.717, 1.165) is 21.4 Å². The molecule has 16 heavy (non-hydrogen) atoms. The summed E-state index contributed by atoms with van der Waals surface area (Å²) in [6.07, 6.45) is 1.77. The number of nitrogens with zero attached hydrogens (tertiary/aromatic N) is 4. The van der Waals surface area contributed by atoms with E-state index in [0.29, 0.717) is 11.8 Å². The molecule has 84 valence electrons. The van der Waals surface area contributed by atoms with Gasteiger partial charge in [0.05, 0.1) is 10.2 Å². The molecular weight excluding hydrogens is 270 g/mol. The number of halogens is 1. The topological polar surface area (TPSA) is 69.6 Å². The first kappa shape index (κ1) is 11.1. The minimum atomic E-state index is 0.495. The molecular formula is C10H12BrN5. The van der Waals surface area contributed by atoms with Gasteiger partial charge in [0.25, 0.3) is 5.95 Å². The van der Waals surface area contributed by atoms with Gasteiger partial charge in [-0.15, -0.1) is 0 Å². The zero-order valence-electron chi connectivity index (χ0n) is 9.32. The highest BCUT2D eigenvalue weighted by molar-refractivity contribution is 9.10. The predicted molar refractivity (Wildman–Crippen MR) is 65.5 cm³/mol. The van der Waals surface area contributed by atoms with Crippen molar-refractivity contribution in [2.75, 3.05) is 5.73 Å². The lowest BCUT2D eigenvalue weighted by Gasteiger charge is -2.04. The van der Waals surface area contributed by atoms with E-state index in [4.69, 9.17) is 5.73 Å². The Labute approximate surface area is 102 Å². The SMILES string of the molecule is Cc1cnc(-n2nc(C)c(Br)c2N)nc1C. The van der Waals surface area contributed by atoms with Crippen LogP contribution in [0.4, 0.5) is 5.82 Å². The molecule has 5 nitrogen and oxygen atoms in total. The van der Waals surface area contributed by atoms with Crippen molar-refractivity contribution in [3.63, 3.8) is 0 Å². The Morgan fingerprint density at radius 3 is 2.44 bits per heavy atom. The van der Waals surface area contributed by atoms with E-state index in [9.17, 15) is 0 Å². The summed E-state index contributed by atoms with van der Waals surface area (Å²) in [4.78, 5) is 8.56. The number of aromatic nitrogens is 4. The van der Waals surface area contributed by atoms with E-state index >= 15 is 0 Å². The minimum Gasteiger partial charge on any atom is -0.383 e. The molecule has 0 aliphatic rings. The number of hydrogen-bond donors (Lipinski definition) is 1. The number of nitrogen functional groups attached to an aromatic ring is 1. The number of aryl methyl sites for hydroxylation is 3. The Morgan fingerprint density at radius 1 is 1.25 bits per heavy atom. The molecule has 0 bridgehead atoms. The summed E-state index contributed by atoms with van der Waals surface area (Å²) < 4.78 is 2.32. The standard InChI is InChI=1S/C10H12BrN5/c1-5-4-13-10(14-6(5)2)16-9(12)8(11)7(3)15-16/h4H,12H2,1-3H3. The van der Waals surface area contributed by atoms with E-state index < -0.39 is 0 Å². The molecule has 2 aromatic rings. The molecule has 0 aromatic carbocycles. The second kappa shape index (κ2) is 3.86.